The molecule has 7 heteroatoms. The summed E-state index contributed by atoms with van der Waals surface area (Å²) in [6, 6.07) is 4.14. The Bertz CT molecular complexity index is 406. The zero-order valence-corrected chi connectivity index (χ0v) is 8.92. The fraction of sp³-hybridized carbons (Fsp3) is 0.125. The highest BCUT2D eigenvalue weighted by molar-refractivity contribution is 7.74. The van der Waals surface area contributed by atoms with E-state index in [1.54, 1.807) is 0 Å². The average molecular weight is 251 g/mol. The lowest BCUT2D eigenvalue weighted by Gasteiger charge is -2.02. The first kappa shape index (κ1) is 12.1. The summed E-state index contributed by atoms with van der Waals surface area (Å²) < 4.78 is 22.9. The molecule has 1 rings (SSSR count). The predicted octanol–water partition coefficient (Wildman–Crippen LogP) is 1.69. The monoisotopic (exact) mass is 250 g/mol. The molecule has 15 heavy (non-hydrogen) atoms. The average Bonchev–Trinajstić information content (AvgIpc) is 2.14. The van der Waals surface area contributed by atoms with Crippen LogP contribution in [0.3, 0.4) is 0 Å². The van der Waals surface area contributed by atoms with Crippen LogP contribution in [0.2, 0.25) is 5.02 Å². The predicted molar refractivity (Wildman–Crippen MR) is 54.0 cm³/mol. The van der Waals surface area contributed by atoms with Crippen molar-refractivity contribution >= 4 is 28.9 Å². The van der Waals surface area contributed by atoms with Crippen molar-refractivity contribution in [2.75, 3.05) is 0 Å². The standard InChI is InChI=1S/C8H7ClO5S/c9-7-3-5(4-14-15(12)13)1-2-6(7)8(10)11/h1-3H,4H2,(H,10,11)(H,12,13). The van der Waals surface area contributed by atoms with Crippen LogP contribution in [0.4, 0.5) is 0 Å². The summed E-state index contributed by atoms with van der Waals surface area (Å²) in [5.41, 5.74) is 0.498. The molecule has 1 aromatic carbocycles. The maximum atomic E-state index is 10.6. The van der Waals surface area contributed by atoms with E-state index in [0.29, 0.717) is 5.56 Å². The Labute approximate surface area is 93.1 Å². The molecule has 0 spiro atoms. The van der Waals surface area contributed by atoms with Gasteiger partial charge in [0.05, 0.1) is 17.2 Å². The Morgan fingerprint density at radius 2 is 2.20 bits per heavy atom. The van der Waals surface area contributed by atoms with Gasteiger partial charge in [-0.15, -0.1) is 0 Å². The van der Waals surface area contributed by atoms with Crippen LogP contribution in [-0.2, 0) is 22.2 Å². The van der Waals surface area contributed by atoms with E-state index in [9.17, 15) is 9.00 Å². The van der Waals surface area contributed by atoms with E-state index in [4.69, 9.17) is 21.3 Å². The molecule has 0 amide bonds. The Morgan fingerprint density at radius 3 is 2.67 bits per heavy atom. The minimum atomic E-state index is -2.35. The Morgan fingerprint density at radius 1 is 1.53 bits per heavy atom. The van der Waals surface area contributed by atoms with Gasteiger partial charge in [-0.3, -0.25) is 8.74 Å². The highest BCUT2D eigenvalue weighted by Gasteiger charge is 2.09. The maximum Gasteiger partial charge on any atom is 0.337 e. The minimum Gasteiger partial charge on any atom is -0.478 e. The van der Waals surface area contributed by atoms with Crippen LogP contribution in [0.15, 0.2) is 18.2 Å². The fourth-order valence-electron chi connectivity index (χ4n) is 0.940. The van der Waals surface area contributed by atoms with Gasteiger partial charge in [0.2, 0.25) is 0 Å². The quantitative estimate of drug-likeness (QED) is 0.795. The second kappa shape index (κ2) is 5.22. The van der Waals surface area contributed by atoms with E-state index in [0.717, 1.165) is 0 Å². The molecule has 0 aliphatic heterocycles. The molecule has 0 saturated heterocycles. The maximum absolute atomic E-state index is 10.6. The normalized spacial score (nSPS) is 12.4. The van der Waals surface area contributed by atoms with Gasteiger partial charge in [0.25, 0.3) is 0 Å². The molecule has 0 bridgehead atoms. The molecule has 0 saturated carbocycles. The van der Waals surface area contributed by atoms with Crippen LogP contribution < -0.4 is 0 Å². The van der Waals surface area contributed by atoms with Crippen molar-refractivity contribution < 1.29 is 22.8 Å². The van der Waals surface area contributed by atoms with Crippen molar-refractivity contribution in [2.24, 2.45) is 0 Å². The molecule has 0 aliphatic rings. The van der Waals surface area contributed by atoms with Gasteiger partial charge in [-0.05, 0) is 17.7 Å². The molecule has 82 valence electrons. The first-order valence-corrected chi connectivity index (χ1v) is 5.17. The summed E-state index contributed by atoms with van der Waals surface area (Å²) in [6.45, 7) is -0.108. The van der Waals surface area contributed by atoms with Gasteiger partial charge in [0.1, 0.15) is 0 Å². The first-order chi connectivity index (χ1) is 7.00. The molecular formula is C8H7ClO5S. The molecule has 2 N–H and O–H groups in total. The van der Waals surface area contributed by atoms with Crippen molar-refractivity contribution in [2.45, 2.75) is 6.61 Å². The lowest BCUT2D eigenvalue weighted by molar-refractivity contribution is 0.0697. The Kier molecular flexibility index (Phi) is 4.22. The zero-order chi connectivity index (χ0) is 11.4. The van der Waals surface area contributed by atoms with Crippen molar-refractivity contribution in [3.05, 3.63) is 34.3 Å². The number of aromatic carboxylic acids is 1. The van der Waals surface area contributed by atoms with Crippen molar-refractivity contribution in [1.29, 1.82) is 0 Å². The van der Waals surface area contributed by atoms with Crippen molar-refractivity contribution in [3.63, 3.8) is 0 Å². The molecule has 1 unspecified atom stereocenters. The summed E-state index contributed by atoms with van der Waals surface area (Å²) in [4.78, 5) is 10.6. The lowest BCUT2D eigenvalue weighted by atomic mass is 10.1. The van der Waals surface area contributed by atoms with Crippen LogP contribution in [-0.4, -0.2) is 19.8 Å². The minimum absolute atomic E-state index is 0.0227. The first-order valence-electron chi connectivity index (χ1n) is 3.76. The van der Waals surface area contributed by atoms with Gasteiger partial charge in [-0.1, -0.05) is 17.7 Å². The molecule has 0 radical (unpaired) electrons. The number of benzene rings is 1. The highest BCUT2D eigenvalue weighted by Crippen LogP contribution is 2.18. The smallest absolute Gasteiger partial charge is 0.337 e. The molecule has 5 nitrogen and oxygen atoms in total. The number of halogens is 1. The van der Waals surface area contributed by atoms with Gasteiger partial charge in [0.15, 0.2) is 0 Å². The summed E-state index contributed by atoms with van der Waals surface area (Å²) in [5, 5.41) is 8.73. The van der Waals surface area contributed by atoms with Crippen LogP contribution in [0.5, 0.6) is 0 Å². The summed E-state index contributed by atoms with van der Waals surface area (Å²) in [6.07, 6.45) is 0. The van der Waals surface area contributed by atoms with Gasteiger partial charge < -0.3 is 5.11 Å². The third-order valence-electron chi connectivity index (χ3n) is 1.59. The Hall–Kier alpha value is -0.950. The van der Waals surface area contributed by atoms with Crippen LogP contribution in [0, 0.1) is 0 Å². The number of hydrogen-bond acceptors (Lipinski definition) is 3. The van der Waals surface area contributed by atoms with E-state index in [1.807, 2.05) is 0 Å². The summed E-state index contributed by atoms with van der Waals surface area (Å²) in [5.74, 6) is -1.13. The second-order valence-corrected chi connectivity index (χ2v) is 3.68. The highest BCUT2D eigenvalue weighted by atomic mass is 35.5. The van der Waals surface area contributed by atoms with E-state index in [2.05, 4.69) is 4.18 Å². The SMILES string of the molecule is O=C(O)c1ccc(COS(=O)O)cc1Cl. The number of carboxylic acid groups (broad SMARTS) is 1. The largest absolute Gasteiger partial charge is 0.478 e. The van der Waals surface area contributed by atoms with Gasteiger partial charge in [0, 0.05) is 0 Å². The van der Waals surface area contributed by atoms with Crippen molar-refractivity contribution in [1.82, 2.24) is 0 Å². The Balaban J connectivity index is 2.82. The molecule has 0 fully saturated rings. The third-order valence-corrected chi connectivity index (χ3v) is 2.22. The molecule has 1 atom stereocenters. The van der Waals surface area contributed by atoms with Crippen LogP contribution in [0.1, 0.15) is 15.9 Å². The van der Waals surface area contributed by atoms with E-state index in [1.165, 1.54) is 18.2 Å². The molecule has 0 heterocycles. The third kappa shape index (κ3) is 3.60. The number of hydrogen-bond donors (Lipinski definition) is 2. The lowest BCUT2D eigenvalue weighted by Crippen LogP contribution is -2.00. The van der Waals surface area contributed by atoms with E-state index in [-0.39, 0.29) is 17.2 Å². The van der Waals surface area contributed by atoms with Crippen LogP contribution >= 0.6 is 11.6 Å². The summed E-state index contributed by atoms with van der Waals surface area (Å²) >= 11 is 3.32. The number of carboxylic acids is 1. The second-order valence-electron chi connectivity index (χ2n) is 2.60. The van der Waals surface area contributed by atoms with Crippen LogP contribution in [0.25, 0.3) is 0 Å². The zero-order valence-electron chi connectivity index (χ0n) is 7.34. The number of carbonyl (C=O) groups is 1. The summed E-state index contributed by atoms with van der Waals surface area (Å²) in [7, 11) is 0. The van der Waals surface area contributed by atoms with Crippen molar-refractivity contribution in [3.8, 4) is 0 Å². The van der Waals surface area contributed by atoms with Gasteiger partial charge in [-0.25, -0.2) is 4.79 Å². The van der Waals surface area contributed by atoms with E-state index >= 15 is 0 Å². The van der Waals surface area contributed by atoms with Gasteiger partial charge in [-0.2, -0.15) is 4.21 Å². The fourth-order valence-corrected chi connectivity index (χ4v) is 1.46. The molecular weight excluding hydrogens is 244 g/mol. The van der Waals surface area contributed by atoms with Gasteiger partial charge >= 0.3 is 17.3 Å². The van der Waals surface area contributed by atoms with E-state index < -0.39 is 17.3 Å². The molecule has 0 aromatic heterocycles. The molecule has 0 aliphatic carbocycles. The number of rotatable bonds is 4. The molecule has 1 aromatic rings. The topological polar surface area (TPSA) is 83.8 Å².